The summed E-state index contributed by atoms with van der Waals surface area (Å²) in [5.74, 6) is 0.858. The van der Waals surface area contributed by atoms with E-state index in [1.165, 1.54) is 52.0 Å². The number of rotatable bonds is 3. The predicted molar refractivity (Wildman–Crippen MR) is 78.0 cm³/mol. The summed E-state index contributed by atoms with van der Waals surface area (Å²) in [6.07, 6.45) is 4.16. The first-order valence-electron chi connectivity index (χ1n) is 7.62. The van der Waals surface area contributed by atoms with Gasteiger partial charge in [0, 0.05) is 24.7 Å². The summed E-state index contributed by atoms with van der Waals surface area (Å²) in [5.41, 5.74) is 0.262. The molecule has 2 heterocycles. The van der Waals surface area contributed by atoms with E-state index in [0.717, 1.165) is 12.0 Å². The first-order valence-corrected chi connectivity index (χ1v) is 7.62. The summed E-state index contributed by atoms with van der Waals surface area (Å²) >= 11 is 0. The van der Waals surface area contributed by atoms with Crippen LogP contribution in [0.1, 0.15) is 40.0 Å². The number of hydrogen-bond donors (Lipinski definition) is 1. The van der Waals surface area contributed by atoms with Crippen LogP contribution in [0.25, 0.3) is 0 Å². The maximum absolute atomic E-state index is 3.66. The molecule has 3 nitrogen and oxygen atoms in total. The average molecular weight is 253 g/mol. The van der Waals surface area contributed by atoms with E-state index in [1.807, 2.05) is 0 Å². The normalized spacial score (nSPS) is 32.0. The van der Waals surface area contributed by atoms with Crippen molar-refractivity contribution in [2.75, 3.05) is 39.8 Å². The van der Waals surface area contributed by atoms with Crippen molar-refractivity contribution in [1.29, 1.82) is 0 Å². The molecule has 2 unspecified atom stereocenters. The molecule has 0 amide bonds. The Kier molecular flexibility index (Phi) is 4.68. The zero-order valence-corrected chi connectivity index (χ0v) is 12.7. The van der Waals surface area contributed by atoms with Gasteiger partial charge in [0.1, 0.15) is 0 Å². The summed E-state index contributed by atoms with van der Waals surface area (Å²) in [5, 5.41) is 3.66. The third kappa shape index (κ3) is 4.22. The van der Waals surface area contributed by atoms with E-state index in [9.17, 15) is 0 Å². The first-order chi connectivity index (χ1) is 8.44. The van der Waals surface area contributed by atoms with Crippen molar-refractivity contribution in [2.45, 2.75) is 51.6 Å². The Labute approximate surface area is 113 Å². The van der Waals surface area contributed by atoms with E-state index in [1.54, 1.807) is 0 Å². The SMILES string of the molecule is CN1CCCC(N2CCC(CNC(C)(C)C)C2)C1. The van der Waals surface area contributed by atoms with Crippen LogP contribution >= 0.6 is 0 Å². The van der Waals surface area contributed by atoms with Crippen LogP contribution in [-0.2, 0) is 0 Å². The molecule has 0 aromatic rings. The standard InChI is InChI=1S/C15H31N3/c1-15(2,3)16-10-13-7-9-18(11-13)14-6-5-8-17(4)12-14/h13-14,16H,5-12H2,1-4H3. The fourth-order valence-electron chi connectivity index (χ4n) is 3.25. The molecule has 1 N–H and O–H groups in total. The first kappa shape index (κ1) is 14.3. The summed E-state index contributed by atoms with van der Waals surface area (Å²) in [7, 11) is 2.26. The molecule has 2 aliphatic heterocycles. The van der Waals surface area contributed by atoms with Crippen LogP contribution in [0.4, 0.5) is 0 Å². The van der Waals surface area contributed by atoms with Crippen LogP contribution in [-0.4, -0.2) is 61.2 Å². The third-order valence-electron chi connectivity index (χ3n) is 4.35. The van der Waals surface area contributed by atoms with Crippen molar-refractivity contribution >= 4 is 0 Å². The van der Waals surface area contributed by atoms with Gasteiger partial charge in [-0.3, -0.25) is 4.90 Å². The Morgan fingerprint density at radius 3 is 2.56 bits per heavy atom. The minimum Gasteiger partial charge on any atom is -0.312 e. The largest absolute Gasteiger partial charge is 0.312 e. The number of nitrogens with zero attached hydrogens (tertiary/aromatic N) is 2. The molecular weight excluding hydrogens is 222 g/mol. The predicted octanol–water partition coefficient (Wildman–Crippen LogP) is 1.79. The lowest BCUT2D eigenvalue weighted by molar-refractivity contribution is 0.129. The number of piperidine rings is 1. The van der Waals surface area contributed by atoms with Gasteiger partial charge in [-0.2, -0.15) is 0 Å². The summed E-state index contributed by atoms with van der Waals surface area (Å²) in [6.45, 7) is 13.2. The van der Waals surface area contributed by atoms with Crippen LogP contribution in [0.3, 0.4) is 0 Å². The van der Waals surface area contributed by atoms with Crippen LogP contribution in [0.5, 0.6) is 0 Å². The maximum Gasteiger partial charge on any atom is 0.0223 e. The zero-order chi connectivity index (χ0) is 13.2. The fourth-order valence-corrected chi connectivity index (χ4v) is 3.25. The van der Waals surface area contributed by atoms with Crippen molar-refractivity contribution in [2.24, 2.45) is 5.92 Å². The Morgan fingerprint density at radius 2 is 1.89 bits per heavy atom. The maximum atomic E-state index is 3.66. The van der Waals surface area contributed by atoms with Gasteiger partial charge in [0.25, 0.3) is 0 Å². The lowest BCUT2D eigenvalue weighted by atomic mass is 10.0. The van der Waals surface area contributed by atoms with Crippen LogP contribution in [0.15, 0.2) is 0 Å². The second kappa shape index (κ2) is 5.89. The Bertz CT molecular complexity index is 259. The Balaban J connectivity index is 1.74. The third-order valence-corrected chi connectivity index (χ3v) is 4.35. The van der Waals surface area contributed by atoms with E-state index in [4.69, 9.17) is 0 Å². The molecule has 0 radical (unpaired) electrons. The van der Waals surface area contributed by atoms with Gasteiger partial charge in [-0.15, -0.1) is 0 Å². The molecule has 18 heavy (non-hydrogen) atoms. The molecule has 0 saturated carbocycles. The smallest absolute Gasteiger partial charge is 0.0223 e. The van der Waals surface area contributed by atoms with Gasteiger partial charge in [-0.1, -0.05) is 0 Å². The average Bonchev–Trinajstić information content (AvgIpc) is 2.74. The highest BCUT2D eigenvalue weighted by atomic mass is 15.2. The van der Waals surface area contributed by atoms with Gasteiger partial charge in [-0.05, 0) is 72.6 Å². The van der Waals surface area contributed by atoms with Crippen LogP contribution in [0.2, 0.25) is 0 Å². The van der Waals surface area contributed by atoms with Crippen molar-refractivity contribution in [1.82, 2.24) is 15.1 Å². The number of nitrogens with one attached hydrogen (secondary N) is 1. The minimum atomic E-state index is 0.262. The second-order valence-corrected chi connectivity index (χ2v) is 7.34. The van der Waals surface area contributed by atoms with Gasteiger partial charge >= 0.3 is 0 Å². The Hall–Kier alpha value is -0.120. The molecule has 2 fully saturated rings. The van der Waals surface area contributed by atoms with Crippen molar-refractivity contribution < 1.29 is 0 Å². The van der Waals surface area contributed by atoms with E-state index in [0.29, 0.717) is 0 Å². The molecule has 106 valence electrons. The van der Waals surface area contributed by atoms with E-state index in [-0.39, 0.29) is 5.54 Å². The fraction of sp³-hybridized carbons (Fsp3) is 1.00. The van der Waals surface area contributed by atoms with Crippen molar-refractivity contribution in [3.05, 3.63) is 0 Å². The molecule has 2 rings (SSSR count). The molecule has 2 saturated heterocycles. The molecule has 0 aromatic carbocycles. The monoisotopic (exact) mass is 253 g/mol. The van der Waals surface area contributed by atoms with Gasteiger partial charge in [0.15, 0.2) is 0 Å². The highest BCUT2D eigenvalue weighted by Crippen LogP contribution is 2.23. The quantitative estimate of drug-likeness (QED) is 0.827. The van der Waals surface area contributed by atoms with Gasteiger partial charge in [-0.25, -0.2) is 0 Å². The molecule has 2 atom stereocenters. The topological polar surface area (TPSA) is 18.5 Å². The zero-order valence-electron chi connectivity index (χ0n) is 12.7. The number of hydrogen-bond acceptors (Lipinski definition) is 3. The van der Waals surface area contributed by atoms with E-state index >= 15 is 0 Å². The second-order valence-electron chi connectivity index (χ2n) is 7.34. The highest BCUT2D eigenvalue weighted by molar-refractivity contribution is 4.87. The number of likely N-dealkylation sites (tertiary alicyclic amines) is 2. The van der Waals surface area contributed by atoms with Gasteiger partial charge in [0.2, 0.25) is 0 Å². The molecule has 3 heteroatoms. The summed E-state index contributed by atoms with van der Waals surface area (Å²) in [4.78, 5) is 5.24. The van der Waals surface area contributed by atoms with Crippen LogP contribution < -0.4 is 5.32 Å². The molecule has 0 bridgehead atoms. The molecular formula is C15H31N3. The summed E-state index contributed by atoms with van der Waals surface area (Å²) < 4.78 is 0. The van der Waals surface area contributed by atoms with E-state index < -0.39 is 0 Å². The van der Waals surface area contributed by atoms with Crippen molar-refractivity contribution in [3.63, 3.8) is 0 Å². The minimum absolute atomic E-state index is 0.262. The summed E-state index contributed by atoms with van der Waals surface area (Å²) in [6, 6.07) is 0.823. The molecule has 0 aliphatic carbocycles. The molecule has 2 aliphatic rings. The number of likely N-dealkylation sites (N-methyl/N-ethyl adjacent to an activating group) is 1. The van der Waals surface area contributed by atoms with Gasteiger partial charge < -0.3 is 10.2 Å². The van der Waals surface area contributed by atoms with E-state index in [2.05, 4.69) is 42.9 Å². The molecule has 0 spiro atoms. The van der Waals surface area contributed by atoms with Crippen LogP contribution in [0, 0.1) is 5.92 Å². The molecule has 0 aromatic heterocycles. The Morgan fingerprint density at radius 1 is 1.11 bits per heavy atom. The lowest BCUT2D eigenvalue weighted by Gasteiger charge is -2.36. The highest BCUT2D eigenvalue weighted by Gasteiger charge is 2.30. The lowest BCUT2D eigenvalue weighted by Crippen LogP contribution is -2.46. The van der Waals surface area contributed by atoms with Gasteiger partial charge in [0.05, 0.1) is 0 Å². The van der Waals surface area contributed by atoms with Crippen molar-refractivity contribution in [3.8, 4) is 0 Å².